The summed E-state index contributed by atoms with van der Waals surface area (Å²) in [6, 6.07) is 1.87. The molecule has 1 aliphatic rings. The molecule has 0 bridgehead atoms. The summed E-state index contributed by atoms with van der Waals surface area (Å²) in [5, 5.41) is 5.95. The first-order valence-corrected chi connectivity index (χ1v) is 5.18. The Hall–Kier alpha value is -1.85. The van der Waals surface area contributed by atoms with Crippen molar-refractivity contribution in [3.05, 3.63) is 12.3 Å². The molecule has 2 heterocycles. The van der Waals surface area contributed by atoms with Gasteiger partial charge in [-0.25, -0.2) is 4.98 Å². The van der Waals surface area contributed by atoms with E-state index in [1.807, 2.05) is 0 Å². The van der Waals surface area contributed by atoms with Gasteiger partial charge in [0.2, 0.25) is 17.7 Å². The van der Waals surface area contributed by atoms with Crippen LogP contribution < -0.4 is 15.4 Å². The highest BCUT2D eigenvalue weighted by molar-refractivity contribution is 5.76. The zero-order valence-corrected chi connectivity index (χ0v) is 9.06. The Labute approximate surface area is 93.4 Å². The highest BCUT2D eigenvalue weighted by Crippen LogP contribution is 2.11. The molecule has 6 heteroatoms. The molecule has 0 spiro atoms. The van der Waals surface area contributed by atoms with Crippen molar-refractivity contribution in [3.63, 3.8) is 0 Å². The number of piperidine rings is 1. The maximum Gasteiger partial charge on any atom is 0.226 e. The minimum Gasteiger partial charge on any atom is -0.481 e. The van der Waals surface area contributed by atoms with Crippen LogP contribution in [0, 0.1) is 0 Å². The number of anilines is 1. The third-order valence-electron chi connectivity index (χ3n) is 2.44. The number of carbonyl (C=O) groups is 1. The molecule has 6 nitrogen and oxygen atoms in total. The lowest BCUT2D eigenvalue weighted by atomic mass is 10.1. The first kappa shape index (κ1) is 10.7. The molecule has 2 rings (SSSR count). The highest BCUT2D eigenvalue weighted by atomic mass is 16.5. The van der Waals surface area contributed by atoms with Gasteiger partial charge in [0.15, 0.2) is 0 Å². The molecule has 2 N–H and O–H groups in total. The zero-order valence-electron chi connectivity index (χ0n) is 9.06. The van der Waals surface area contributed by atoms with E-state index in [-0.39, 0.29) is 11.9 Å². The van der Waals surface area contributed by atoms with Crippen molar-refractivity contribution in [2.45, 2.75) is 18.9 Å². The average Bonchev–Trinajstić information content (AvgIpc) is 2.32. The van der Waals surface area contributed by atoms with Gasteiger partial charge in [0.25, 0.3) is 0 Å². The lowest BCUT2D eigenvalue weighted by molar-refractivity contribution is -0.122. The van der Waals surface area contributed by atoms with Crippen molar-refractivity contribution in [3.8, 4) is 5.88 Å². The molecule has 1 saturated heterocycles. The van der Waals surface area contributed by atoms with Gasteiger partial charge in [0.1, 0.15) is 0 Å². The van der Waals surface area contributed by atoms with Gasteiger partial charge in [-0.2, -0.15) is 4.98 Å². The third-order valence-corrected chi connectivity index (χ3v) is 2.44. The van der Waals surface area contributed by atoms with Crippen LogP contribution in [0.5, 0.6) is 5.88 Å². The fraction of sp³-hybridized carbons (Fsp3) is 0.500. The molecular formula is C10H14N4O2. The first-order valence-electron chi connectivity index (χ1n) is 5.18. The van der Waals surface area contributed by atoms with Crippen molar-refractivity contribution < 1.29 is 9.53 Å². The topological polar surface area (TPSA) is 76.1 Å². The molecule has 1 fully saturated rings. The van der Waals surface area contributed by atoms with E-state index in [0.717, 1.165) is 6.42 Å². The monoisotopic (exact) mass is 222 g/mol. The molecule has 0 saturated carbocycles. The number of aromatic nitrogens is 2. The summed E-state index contributed by atoms with van der Waals surface area (Å²) in [4.78, 5) is 19.2. The predicted molar refractivity (Wildman–Crippen MR) is 58.2 cm³/mol. The van der Waals surface area contributed by atoms with Gasteiger partial charge in [0.05, 0.1) is 7.11 Å². The van der Waals surface area contributed by atoms with Crippen LogP contribution in [0.4, 0.5) is 5.95 Å². The second kappa shape index (κ2) is 4.78. The summed E-state index contributed by atoms with van der Waals surface area (Å²) >= 11 is 0. The summed E-state index contributed by atoms with van der Waals surface area (Å²) in [7, 11) is 1.56. The minimum absolute atomic E-state index is 0.101. The van der Waals surface area contributed by atoms with Crippen molar-refractivity contribution >= 4 is 11.9 Å². The van der Waals surface area contributed by atoms with Crippen LogP contribution >= 0.6 is 0 Å². The van der Waals surface area contributed by atoms with E-state index in [4.69, 9.17) is 4.74 Å². The van der Waals surface area contributed by atoms with Gasteiger partial charge in [-0.1, -0.05) is 0 Å². The van der Waals surface area contributed by atoms with E-state index in [1.165, 1.54) is 0 Å². The SMILES string of the molecule is COc1ccnc(NC2CCC(=O)NC2)n1. The molecule has 0 radical (unpaired) electrons. The number of amides is 1. The van der Waals surface area contributed by atoms with Gasteiger partial charge in [0, 0.05) is 31.3 Å². The second-order valence-electron chi connectivity index (χ2n) is 3.61. The molecule has 1 unspecified atom stereocenters. The van der Waals surface area contributed by atoms with Crippen LogP contribution in [-0.4, -0.2) is 35.6 Å². The quantitative estimate of drug-likeness (QED) is 0.762. The fourth-order valence-electron chi connectivity index (χ4n) is 1.56. The number of nitrogens with one attached hydrogen (secondary N) is 2. The number of carbonyl (C=O) groups excluding carboxylic acids is 1. The van der Waals surface area contributed by atoms with E-state index in [9.17, 15) is 4.79 Å². The molecule has 0 aromatic carbocycles. The lowest BCUT2D eigenvalue weighted by Gasteiger charge is -2.23. The van der Waals surface area contributed by atoms with Gasteiger partial charge in [-0.3, -0.25) is 4.79 Å². The lowest BCUT2D eigenvalue weighted by Crippen LogP contribution is -2.42. The largest absolute Gasteiger partial charge is 0.481 e. The summed E-state index contributed by atoms with van der Waals surface area (Å²) in [5.74, 6) is 1.16. The van der Waals surface area contributed by atoms with Gasteiger partial charge >= 0.3 is 0 Å². The first-order chi connectivity index (χ1) is 7.78. The number of nitrogens with zero attached hydrogens (tertiary/aromatic N) is 2. The van der Waals surface area contributed by atoms with Gasteiger partial charge in [-0.05, 0) is 6.42 Å². The Morgan fingerprint density at radius 3 is 3.19 bits per heavy atom. The molecule has 86 valence electrons. The standard InChI is InChI=1S/C10H14N4O2/c1-16-9-4-5-11-10(14-9)13-7-2-3-8(15)12-6-7/h4-5,7H,2-3,6H2,1H3,(H,12,15)(H,11,13,14). The number of methoxy groups -OCH3 is 1. The van der Waals surface area contributed by atoms with Crippen molar-refractivity contribution in [2.24, 2.45) is 0 Å². The Morgan fingerprint density at radius 1 is 1.62 bits per heavy atom. The number of ether oxygens (including phenoxy) is 1. The van der Waals surface area contributed by atoms with Gasteiger partial charge in [-0.15, -0.1) is 0 Å². The van der Waals surface area contributed by atoms with Crippen LogP contribution in [0.25, 0.3) is 0 Å². The van der Waals surface area contributed by atoms with Crippen LogP contribution in [0.15, 0.2) is 12.3 Å². The van der Waals surface area contributed by atoms with E-state index < -0.39 is 0 Å². The minimum atomic E-state index is 0.101. The second-order valence-corrected chi connectivity index (χ2v) is 3.61. The van der Waals surface area contributed by atoms with Crippen LogP contribution in [-0.2, 0) is 4.79 Å². The summed E-state index contributed by atoms with van der Waals surface area (Å²) < 4.78 is 5.00. The van der Waals surface area contributed by atoms with Crippen molar-refractivity contribution in [1.29, 1.82) is 0 Å². The maximum absolute atomic E-state index is 11.0. The smallest absolute Gasteiger partial charge is 0.226 e. The van der Waals surface area contributed by atoms with Gasteiger partial charge < -0.3 is 15.4 Å². The summed E-state index contributed by atoms with van der Waals surface area (Å²) in [5.41, 5.74) is 0. The van der Waals surface area contributed by atoms with Crippen LogP contribution in [0.3, 0.4) is 0 Å². The predicted octanol–water partition coefficient (Wildman–Crippen LogP) is 0.176. The van der Waals surface area contributed by atoms with Crippen LogP contribution in [0.2, 0.25) is 0 Å². The average molecular weight is 222 g/mol. The Bertz CT molecular complexity index is 373. The molecule has 0 aliphatic carbocycles. The Morgan fingerprint density at radius 2 is 2.50 bits per heavy atom. The fourth-order valence-corrected chi connectivity index (χ4v) is 1.56. The van der Waals surface area contributed by atoms with E-state index in [2.05, 4.69) is 20.6 Å². The number of hydrogen-bond acceptors (Lipinski definition) is 5. The maximum atomic E-state index is 11.0. The Kier molecular flexibility index (Phi) is 3.19. The third kappa shape index (κ3) is 2.59. The summed E-state index contributed by atoms with van der Waals surface area (Å²) in [6.07, 6.45) is 2.98. The number of rotatable bonds is 3. The van der Waals surface area contributed by atoms with E-state index in [0.29, 0.717) is 24.8 Å². The van der Waals surface area contributed by atoms with Crippen LogP contribution in [0.1, 0.15) is 12.8 Å². The molecule has 1 amide bonds. The molecule has 1 aliphatic heterocycles. The molecule has 1 atom stereocenters. The molecule has 16 heavy (non-hydrogen) atoms. The number of hydrogen-bond donors (Lipinski definition) is 2. The molecule has 1 aromatic rings. The summed E-state index contributed by atoms with van der Waals surface area (Å²) in [6.45, 7) is 0.611. The Balaban J connectivity index is 1.95. The molecule has 1 aromatic heterocycles. The normalized spacial score (nSPS) is 20.1. The van der Waals surface area contributed by atoms with E-state index in [1.54, 1.807) is 19.4 Å². The molecular weight excluding hydrogens is 208 g/mol. The van der Waals surface area contributed by atoms with E-state index >= 15 is 0 Å². The highest BCUT2D eigenvalue weighted by Gasteiger charge is 2.18. The zero-order chi connectivity index (χ0) is 11.4. The van der Waals surface area contributed by atoms with Crippen molar-refractivity contribution in [1.82, 2.24) is 15.3 Å². The van der Waals surface area contributed by atoms with Crippen molar-refractivity contribution in [2.75, 3.05) is 19.0 Å².